The molecule has 5 nitrogen and oxygen atoms in total. The number of nitrogens with zero attached hydrogens (tertiary/aromatic N) is 3. The van der Waals surface area contributed by atoms with Crippen LogP contribution in [0.25, 0.3) is 11.4 Å². The van der Waals surface area contributed by atoms with Crippen LogP contribution < -0.4 is 4.90 Å². The molecule has 2 aromatic rings. The summed E-state index contributed by atoms with van der Waals surface area (Å²) < 4.78 is 10.4. The first-order valence-corrected chi connectivity index (χ1v) is 6.95. The maximum Gasteiger partial charge on any atom is 0.0906 e. The highest BCUT2D eigenvalue weighted by Gasteiger charge is 2.08. The summed E-state index contributed by atoms with van der Waals surface area (Å²) in [5.74, 6) is 0. The van der Waals surface area contributed by atoms with Crippen LogP contribution in [0.1, 0.15) is 0 Å². The zero-order valence-corrected chi connectivity index (χ0v) is 12.5. The monoisotopic (exact) mass is 287 g/mol. The molecule has 0 amide bonds. The van der Waals surface area contributed by atoms with Gasteiger partial charge in [-0.05, 0) is 24.3 Å². The van der Waals surface area contributed by atoms with Crippen LogP contribution in [0, 0.1) is 0 Å². The number of pyridine rings is 2. The number of rotatable bonds is 8. The molecule has 0 fully saturated rings. The molecule has 5 heteroatoms. The number of hydrogen-bond acceptors (Lipinski definition) is 5. The molecule has 0 radical (unpaired) electrons. The molecule has 21 heavy (non-hydrogen) atoms. The van der Waals surface area contributed by atoms with Gasteiger partial charge < -0.3 is 14.4 Å². The molecule has 112 valence electrons. The van der Waals surface area contributed by atoms with Crippen LogP contribution >= 0.6 is 0 Å². The Balaban J connectivity index is 2.20. The number of methoxy groups -OCH3 is 2. The lowest BCUT2D eigenvalue weighted by Crippen LogP contribution is -2.30. The topological polar surface area (TPSA) is 47.5 Å². The third-order valence-corrected chi connectivity index (χ3v) is 3.17. The summed E-state index contributed by atoms with van der Waals surface area (Å²) in [5, 5.41) is 0. The van der Waals surface area contributed by atoms with Gasteiger partial charge in [0.15, 0.2) is 0 Å². The second-order valence-electron chi connectivity index (χ2n) is 4.59. The molecule has 0 aliphatic carbocycles. The largest absolute Gasteiger partial charge is 0.383 e. The molecule has 2 aromatic heterocycles. The normalized spacial score (nSPS) is 10.6. The van der Waals surface area contributed by atoms with Crippen molar-refractivity contribution in [1.82, 2.24) is 9.97 Å². The van der Waals surface area contributed by atoms with Crippen LogP contribution in [0.4, 0.5) is 5.69 Å². The van der Waals surface area contributed by atoms with Gasteiger partial charge >= 0.3 is 0 Å². The minimum atomic E-state index is 0.672. The summed E-state index contributed by atoms with van der Waals surface area (Å²) in [6.45, 7) is 2.97. The molecule has 0 saturated heterocycles. The van der Waals surface area contributed by atoms with Gasteiger partial charge in [-0.3, -0.25) is 9.97 Å². The first-order valence-electron chi connectivity index (χ1n) is 6.95. The molecular formula is C16H21N3O2. The van der Waals surface area contributed by atoms with E-state index in [1.807, 2.05) is 36.5 Å². The average Bonchev–Trinajstić information content (AvgIpc) is 2.56. The van der Waals surface area contributed by atoms with E-state index in [2.05, 4.69) is 14.9 Å². The second-order valence-corrected chi connectivity index (χ2v) is 4.59. The van der Waals surface area contributed by atoms with E-state index in [0.29, 0.717) is 13.2 Å². The Kier molecular flexibility index (Phi) is 6.12. The lowest BCUT2D eigenvalue weighted by molar-refractivity contribution is 0.190. The van der Waals surface area contributed by atoms with Gasteiger partial charge in [0.1, 0.15) is 0 Å². The van der Waals surface area contributed by atoms with Crippen molar-refractivity contribution in [3.63, 3.8) is 0 Å². The van der Waals surface area contributed by atoms with Gasteiger partial charge in [-0.2, -0.15) is 0 Å². The van der Waals surface area contributed by atoms with Crippen molar-refractivity contribution in [1.29, 1.82) is 0 Å². The molecule has 0 spiro atoms. The summed E-state index contributed by atoms with van der Waals surface area (Å²) in [6.07, 6.45) is 3.59. The van der Waals surface area contributed by atoms with Gasteiger partial charge in [0, 0.05) is 45.4 Å². The third kappa shape index (κ3) is 4.51. The minimum absolute atomic E-state index is 0.672. The summed E-state index contributed by atoms with van der Waals surface area (Å²) in [5.41, 5.74) is 2.84. The van der Waals surface area contributed by atoms with Crippen LogP contribution in [0.15, 0.2) is 42.7 Å². The van der Waals surface area contributed by atoms with Gasteiger partial charge in [0.05, 0.1) is 24.6 Å². The van der Waals surface area contributed by atoms with Crippen LogP contribution in [-0.2, 0) is 9.47 Å². The lowest BCUT2D eigenvalue weighted by atomic mass is 10.2. The Morgan fingerprint density at radius 2 is 1.62 bits per heavy atom. The molecule has 0 saturated carbocycles. The summed E-state index contributed by atoms with van der Waals surface area (Å²) in [7, 11) is 3.42. The Bertz CT molecular complexity index is 526. The highest BCUT2D eigenvalue weighted by Crippen LogP contribution is 2.20. The number of aromatic nitrogens is 2. The van der Waals surface area contributed by atoms with E-state index in [1.54, 1.807) is 20.4 Å². The Morgan fingerprint density at radius 1 is 0.905 bits per heavy atom. The summed E-state index contributed by atoms with van der Waals surface area (Å²) in [6, 6.07) is 9.87. The first-order chi connectivity index (χ1) is 10.3. The predicted octanol–water partition coefficient (Wildman–Crippen LogP) is 2.24. The van der Waals surface area contributed by atoms with Crippen molar-refractivity contribution in [3.05, 3.63) is 42.7 Å². The Morgan fingerprint density at radius 3 is 2.24 bits per heavy atom. The van der Waals surface area contributed by atoms with Crippen LogP contribution in [0.2, 0.25) is 0 Å². The van der Waals surface area contributed by atoms with Crippen molar-refractivity contribution in [2.45, 2.75) is 0 Å². The van der Waals surface area contributed by atoms with Crippen LogP contribution in [0.5, 0.6) is 0 Å². The second kappa shape index (κ2) is 8.34. The van der Waals surface area contributed by atoms with E-state index in [1.165, 1.54) is 0 Å². The smallest absolute Gasteiger partial charge is 0.0906 e. The molecule has 0 aliphatic heterocycles. The van der Waals surface area contributed by atoms with Crippen molar-refractivity contribution < 1.29 is 9.47 Å². The maximum absolute atomic E-state index is 5.18. The van der Waals surface area contributed by atoms with Gasteiger partial charge in [0.25, 0.3) is 0 Å². The van der Waals surface area contributed by atoms with Gasteiger partial charge in [-0.1, -0.05) is 6.07 Å². The fourth-order valence-corrected chi connectivity index (χ4v) is 2.04. The van der Waals surface area contributed by atoms with E-state index in [0.717, 1.165) is 30.2 Å². The fourth-order valence-electron chi connectivity index (χ4n) is 2.04. The van der Waals surface area contributed by atoms with Crippen molar-refractivity contribution >= 4 is 5.69 Å². The Labute approximate surface area is 125 Å². The summed E-state index contributed by atoms with van der Waals surface area (Å²) >= 11 is 0. The van der Waals surface area contributed by atoms with Gasteiger partial charge in [-0.15, -0.1) is 0 Å². The molecule has 0 atom stereocenters. The third-order valence-electron chi connectivity index (χ3n) is 3.17. The molecule has 0 aliphatic rings. The molecule has 2 heterocycles. The average molecular weight is 287 g/mol. The van der Waals surface area contributed by atoms with Crippen molar-refractivity contribution in [2.24, 2.45) is 0 Å². The van der Waals surface area contributed by atoms with E-state index in [4.69, 9.17) is 9.47 Å². The zero-order valence-electron chi connectivity index (χ0n) is 12.5. The molecular weight excluding hydrogens is 266 g/mol. The van der Waals surface area contributed by atoms with Crippen molar-refractivity contribution in [3.8, 4) is 11.4 Å². The van der Waals surface area contributed by atoms with Crippen LogP contribution in [-0.4, -0.2) is 50.5 Å². The van der Waals surface area contributed by atoms with Crippen molar-refractivity contribution in [2.75, 3.05) is 45.4 Å². The number of ether oxygens (including phenoxy) is 2. The highest BCUT2D eigenvalue weighted by molar-refractivity contribution is 5.61. The zero-order chi connectivity index (χ0) is 14.9. The number of anilines is 1. The fraction of sp³-hybridized carbons (Fsp3) is 0.375. The molecule has 0 bridgehead atoms. The standard InChI is InChI=1S/C16H21N3O2/c1-20-11-9-19(10-12-21-2)14-6-8-18-16(13-14)15-5-3-4-7-17-15/h3-8,13H,9-12H2,1-2H3. The van der Waals surface area contributed by atoms with E-state index in [-0.39, 0.29) is 0 Å². The van der Waals surface area contributed by atoms with Gasteiger partial charge in [-0.25, -0.2) is 0 Å². The minimum Gasteiger partial charge on any atom is -0.383 e. The Hall–Kier alpha value is -1.98. The van der Waals surface area contributed by atoms with E-state index in [9.17, 15) is 0 Å². The SMILES string of the molecule is COCCN(CCOC)c1ccnc(-c2ccccn2)c1. The van der Waals surface area contributed by atoms with Crippen LogP contribution in [0.3, 0.4) is 0 Å². The highest BCUT2D eigenvalue weighted by atomic mass is 16.5. The lowest BCUT2D eigenvalue weighted by Gasteiger charge is -2.24. The molecule has 2 rings (SSSR count). The maximum atomic E-state index is 5.18. The van der Waals surface area contributed by atoms with Gasteiger partial charge in [0.2, 0.25) is 0 Å². The molecule has 0 N–H and O–H groups in total. The van der Waals surface area contributed by atoms with E-state index >= 15 is 0 Å². The summed E-state index contributed by atoms with van der Waals surface area (Å²) in [4.78, 5) is 11.0. The number of hydrogen-bond donors (Lipinski definition) is 0. The predicted molar refractivity (Wildman–Crippen MR) is 83.4 cm³/mol. The molecule has 0 aromatic carbocycles. The quantitative estimate of drug-likeness (QED) is 0.745. The first kappa shape index (κ1) is 15.4. The molecule has 0 unspecified atom stereocenters. The van der Waals surface area contributed by atoms with E-state index < -0.39 is 0 Å².